The predicted octanol–water partition coefficient (Wildman–Crippen LogP) is 2.85. The van der Waals surface area contributed by atoms with E-state index >= 15 is 0 Å². The van der Waals surface area contributed by atoms with E-state index in [2.05, 4.69) is 10.5 Å². The van der Waals surface area contributed by atoms with Crippen molar-refractivity contribution in [2.75, 3.05) is 33.8 Å². The monoisotopic (exact) mass is 386 g/mol. The average molecular weight is 386 g/mol. The molecular weight excluding hydrogens is 364 g/mol. The van der Waals surface area contributed by atoms with Crippen LogP contribution < -0.4 is 24.3 Å². The molecule has 0 fully saturated rings. The average Bonchev–Trinajstić information content (AvgIpc) is 3.23. The Balaban J connectivity index is 1.74. The van der Waals surface area contributed by atoms with E-state index in [0.29, 0.717) is 40.8 Å². The zero-order chi connectivity index (χ0) is 20.1. The summed E-state index contributed by atoms with van der Waals surface area (Å²) in [5.41, 5.74) is 1.81. The summed E-state index contributed by atoms with van der Waals surface area (Å²) in [7, 11) is 6.23. The van der Waals surface area contributed by atoms with E-state index < -0.39 is 6.10 Å². The SMILES string of the molecule is COc1ccc(OC)c(NC(=O)[C@H]2CC(c3cc(OC)ccc3OC)=NO2)c1. The molecule has 8 heteroatoms. The third-order valence-corrected chi connectivity index (χ3v) is 4.34. The molecular formula is C20H22N2O6. The number of ether oxygens (including phenoxy) is 4. The summed E-state index contributed by atoms with van der Waals surface area (Å²) in [4.78, 5) is 18.0. The Hall–Kier alpha value is -3.42. The van der Waals surface area contributed by atoms with Gasteiger partial charge in [-0.15, -0.1) is 0 Å². The quantitative estimate of drug-likeness (QED) is 0.787. The molecule has 1 amide bonds. The maximum atomic E-state index is 12.7. The second kappa shape index (κ2) is 8.51. The molecule has 0 bridgehead atoms. The number of benzene rings is 2. The van der Waals surface area contributed by atoms with Crippen LogP contribution in [0.4, 0.5) is 5.69 Å². The van der Waals surface area contributed by atoms with Gasteiger partial charge in [0, 0.05) is 18.1 Å². The lowest BCUT2D eigenvalue weighted by Crippen LogP contribution is -2.28. The van der Waals surface area contributed by atoms with Gasteiger partial charge in [-0.25, -0.2) is 0 Å². The van der Waals surface area contributed by atoms with Crippen LogP contribution in [0, 0.1) is 0 Å². The van der Waals surface area contributed by atoms with E-state index in [4.69, 9.17) is 23.8 Å². The molecule has 1 atom stereocenters. The Labute approximate surface area is 163 Å². The maximum absolute atomic E-state index is 12.7. The van der Waals surface area contributed by atoms with Crippen LogP contribution in [-0.4, -0.2) is 46.2 Å². The number of nitrogens with zero attached hydrogens (tertiary/aromatic N) is 1. The molecule has 0 aromatic heterocycles. The summed E-state index contributed by atoms with van der Waals surface area (Å²) in [6.45, 7) is 0. The van der Waals surface area contributed by atoms with E-state index in [9.17, 15) is 4.79 Å². The molecule has 2 aromatic carbocycles. The largest absolute Gasteiger partial charge is 0.497 e. The number of rotatable bonds is 7. The van der Waals surface area contributed by atoms with Gasteiger partial charge in [0.05, 0.1) is 39.8 Å². The van der Waals surface area contributed by atoms with Crippen molar-refractivity contribution < 1.29 is 28.6 Å². The number of methoxy groups -OCH3 is 4. The van der Waals surface area contributed by atoms with Crippen LogP contribution in [0.25, 0.3) is 0 Å². The van der Waals surface area contributed by atoms with E-state index in [1.54, 1.807) is 57.7 Å². The highest BCUT2D eigenvalue weighted by atomic mass is 16.6. The van der Waals surface area contributed by atoms with Crippen LogP contribution in [0.15, 0.2) is 41.6 Å². The first-order valence-corrected chi connectivity index (χ1v) is 8.57. The highest BCUT2D eigenvalue weighted by Gasteiger charge is 2.31. The topological polar surface area (TPSA) is 87.6 Å². The smallest absolute Gasteiger partial charge is 0.268 e. The highest BCUT2D eigenvalue weighted by Crippen LogP contribution is 2.31. The van der Waals surface area contributed by atoms with E-state index in [1.165, 1.54) is 7.11 Å². The van der Waals surface area contributed by atoms with Crippen LogP contribution in [-0.2, 0) is 9.63 Å². The van der Waals surface area contributed by atoms with Gasteiger partial charge in [-0.3, -0.25) is 4.79 Å². The summed E-state index contributed by atoms with van der Waals surface area (Å²) in [6.07, 6.45) is -0.483. The molecule has 0 saturated carbocycles. The molecule has 0 saturated heterocycles. The van der Waals surface area contributed by atoms with Crippen molar-refractivity contribution in [3.05, 3.63) is 42.0 Å². The van der Waals surface area contributed by atoms with Gasteiger partial charge in [-0.05, 0) is 30.3 Å². The van der Waals surface area contributed by atoms with Crippen LogP contribution in [0.1, 0.15) is 12.0 Å². The third kappa shape index (κ3) is 3.95. The zero-order valence-corrected chi connectivity index (χ0v) is 16.1. The first-order valence-electron chi connectivity index (χ1n) is 8.57. The molecule has 1 heterocycles. The highest BCUT2D eigenvalue weighted by molar-refractivity contribution is 6.08. The molecule has 28 heavy (non-hydrogen) atoms. The molecule has 8 nitrogen and oxygen atoms in total. The van der Waals surface area contributed by atoms with Gasteiger partial charge in [0.25, 0.3) is 5.91 Å². The number of hydrogen-bond donors (Lipinski definition) is 1. The second-order valence-corrected chi connectivity index (χ2v) is 5.96. The lowest BCUT2D eigenvalue weighted by molar-refractivity contribution is -0.125. The van der Waals surface area contributed by atoms with Gasteiger partial charge in [-0.2, -0.15) is 0 Å². The van der Waals surface area contributed by atoms with Crippen molar-refractivity contribution in [1.82, 2.24) is 0 Å². The van der Waals surface area contributed by atoms with Crippen LogP contribution in [0.5, 0.6) is 23.0 Å². The lowest BCUT2D eigenvalue weighted by atomic mass is 10.0. The number of hydrogen-bond acceptors (Lipinski definition) is 7. The van der Waals surface area contributed by atoms with Crippen molar-refractivity contribution in [2.24, 2.45) is 5.16 Å². The number of carbonyl (C=O) groups is 1. The second-order valence-electron chi connectivity index (χ2n) is 5.96. The maximum Gasteiger partial charge on any atom is 0.268 e. The van der Waals surface area contributed by atoms with Crippen molar-refractivity contribution in [1.29, 1.82) is 0 Å². The van der Waals surface area contributed by atoms with Gasteiger partial charge in [0.1, 0.15) is 23.0 Å². The van der Waals surface area contributed by atoms with Crippen LogP contribution >= 0.6 is 0 Å². The third-order valence-electron chi connectivity index (χ3n) is 4.34. The van der Waals surface area contributed by atoms with Crippen molar-refractivity contribution in [3.8, 4) is 23.0 Å². The Kier molecular flexibility index (Phi) is 5.88. The van der Waals surface area contributed by atoms with E-state index in [0.717, 1.165) is 5.56 Å². The summed E-state index contributed by atoms with van der Waals surface area (Å²) < 4.78 is 21.1. The molecule has 0 radical (unpaired) electrons. The minimum atomic E-state index is -0.776. The van der Waals surface area contributed by atoms with Gasteiger partial charge in [-0.1, -0.05) is 5.16 Å². The van der Waals surface area contributed by atoms with Crippen LogP contribution in [0.2, 0.25) is 0 Å². The zero-order valence-electron chi connectivity index (χ0n) is 16.1. The Morgan fingerprint density at radius 1 is 0.964 bits per heavy atom. The van der Waals surface area contributed by atoms with Gasteiger partial charge in [0.2, 0.25) is 6.10 Å². The van der Waals surface area contributed by atoms with Crippen molar-refractivity contribution >= 4 is 17.3 Å². The Morgan fingerprint density at radius 3 is 2.25 bits per heavy atom. The first kappa shape index (κ1) is 19.3. The molecule has 1 aliphatic heterocycles. The Bertz CT molecular complexity index is 896. The minimum Gasteiger partial charge on any atom is -0.497 e. The predicted molar refractivity (Wildman–Crippen MR) is 104 cm³/mol. The minimum absolute atomic E-state index is 0.293. The van der Waals surface area contributed by atoms with Gasteiger partial charge < -0.3 is 29.1 Å². The molecule has 0 aliphatic carbocycles. The molecule has 2 aromatic rings. The summed E-state index contributed by atoms with van der Waals surface area (Å²) in [5.74, 6) is 2.06. The van der Waals surface area contributed by atoms with Crippen molar-refractivity contribution in [2.45, 2.75) is 12.5 Å². The normalized spacial score (nSPS) is 15.3. The fourth-order valence-corrected chi connectivity index (χ4v) is 2.84. The standard InChI is InChI=1S/C20H22N2O6/c1-24-12-5-7-17(26-3)14(9-12)15-11-19(28-22-15)20(23)21-16-10-13(25-2)6-8-18(16)27-4/h5-10,19H,11H2,1-4H3,(H,21,23)/t19-/m1/s1. The number of anilines is 1. The molecule has 3 rings (SSSR count). The molecule has 148 valence electrons. The van der Waals surface area contributed by atoms with Gasteiger partial charge in [0.15, 0.2) is 0 Å². The summed E-state index contributed by atoms with van der Waals surface area (Å²) in [6, 6.07) is 10.5. The molecule has 1 aliphatic rings. The molecule has 0 spiro atoms. The number of amides is 1. The lowest BCUT2D eigenvalue weighted by Gasteiger charge is -2.14. The molecule has 0 unspecified atom stereocenters. The molecule has 1 N–H and O–H groups in total. The number of oxime groups is 1. The Morgan fingerprint density at radius 2 is 1.61 bits per heavy atom. The van der Waals surface area contributed by atoms with E-state index in [1.807, 2.05) is 0 Å². The van der Waals surface area contributed by atoms with Crippen LogP contribution in [0.3, 0.4) is 0 Å². The fraction of sp³-hybridized carbons (Fsp3) is 0.300. The number of carbonyl (C=O) groups excluding carboxylic acids is 1. The fourth-order valence-electron chi connectivity index (χ4n) is 2.84. The number of nitrogens with one attached hydrogen (secondary N) is 1. The summed E-state index contributed by atoms with van der Waals surface area (Å²) >= 11 is 0. The van der Waals surface area contributed by atoms with Gasteiger partial charge >= 0.3 is 0 Å². The summed E-state index contributed by atoms with van der Waals surface area (Å²) in [5, 5.41) is 6.88. The van der Waals surface area contributed by atoms with E-state index in [-0.39, 0.29) is 5.91 Å². The van der Waals surface area contributed by atoms with Crippen molar-refractivity contribution in [3.63, 3.8) is 0 Å². The first-order chi connectivity index (χ1) is 13.6.